The molecule has 0 radical (unpaired) electrons. The van der Waals surface area contributed by atoms with Gasteiger partial charge in [0.2, 0.25) is 5.91 Å². The van der Waals surface area contributed by atoms with Crippen LogP contribution < -0.4 is 11.1 Å². The van der Waals surface area contributed by atoms with Gasteiger partial charge in [0.1, 0.15) is 0 Å². The number of alkyl halides is 3. The zero-order chi connectivity index (χ0) is 13.6. The van der Waals surface area contributed by atoms with E-state index in [4.69, 9.17) is 15.6 Å². The third kappa shape index (κ3) is 8.49. The van der Waals surface area contributed by atoms with E-state index in [2.05, 4.69) is 5.32 Å². The molecule has 0 bridgehead atoms. The molecule has 1 fully saturated rings. The number of hydrogen-bond acceptors (Lipinski definition) is 3. The zero-order valence-electron chi connectivity index (χ0n) is 9.25. The van der Waals surface area contributed by atoms with Gasteiger partial charge in [0.15, 0.2) is 0 Å². The number of carboxylic acid groups (broad SMARTS) is 1. The summed E-state index contributed by atoms with van der Waals surface area (Å²) in [7, 11) is 0. The number of carboxylic acids is 1. The first kappa shape index (κ1) is 15.7. The van der Waals surface area contributed by atoms with Crippen molar-refractivity contribution >= 4 is 11.9 Å². The van der Waals surface area contributed by atoms with E-state index in [9.17, 15) is 18.0 Å². The van der Waals surface area contributed by atoms with Gasteiger partial charge in [0.05, 0.1) is 6.04 Å². The van der Waals surface area contributed by atoms with Gasteiger partial charge in [0.25, 0.3) is 0 Å². The van der Waals surface area contributed by atoms with Crippen molar-refractivity contribution in [3.8, 4) is 0 Å². The smallest absolute Gasteiger partial charge is 0.475 e. The highest BCUT2D eigenvalue weighted by molar-refractivity contribution is 5.80. The average molecular weight is 256 g/mol. The molecule has 1 amide bonds. The Morgan fingerprint density at radius 1 is 1.47 bits per heavy atom. The second-order valence-electron chi connectivity index (χ2n) is 3.78. The lowest BCUT2D eigenvalue weighted by atomic mass is 10.3. The highest BCUT2D eigenvalue weighted by atomic mass is 19.4. The molecular weight excluding hydrogens is 241 g/mol. The summed E-state index contributed by atoms with van der Waals surface area (Å²) in [6, 6.07) is -0.362. The summed E-state index contributed by atoms with van der Waals surface area (Å²) >= 11 is 0. The van der Waals surface area contributed by atoms with Gasteiger partial charge in [-0.15, -0.1) is 0 Å². The van der Waals surface area contributed by atoms with Crippen LogP contribution in [0.15, 0.2) is 0 Å². The fourth-order valence-corrected chi connectivity index (χ4v) is 0.728. The molecule has 100 valence electrons. The molecule has 1 rings (SSSR count). The van der Waals surface area contributed by atoms with Gasteiger partial charge in [-0.3, -0.25) is 4.79 Å². The number of amides is 1. The molecule has 4 N–H and O–H groups in total. The van der Waals surface area contributed by atoms with Crippen molar-refractivity contribution in [1.82, 2.24) is 5.32 Å². The minimum atomic E-state index is -5.08. The van der Waals surface area contributed by atoms with Crippen LogP contribution in [0.5, 0.6) is 0 Å². The highest BCUT2D eigenvalue weighted by Crippen LogP contribution is 2.27. The fraction of sp³-hybridized carbons (Fsp3) is 0.778. The van der Waals surface area contributed by atoms with Crippen LogP contribution in [-0.4, -0.2) is 35.7 Å². The van der Waals surface area contributed by atoms with Crippen LogP contribution >= 0.6 is 0 Å². The summed E-state index contributed by atoms with van der Waals surface area (Å²) in [4.78, 5) is 19.7. The normalized spacial score (nSPS) is 16.5. The van der Waals surface area contributed by atoms with Gasteiger partial charge in [-0.1, -0.05) is 0 Å². The maximum Gasteiger partial charge on any atom is 0.490 e. The molecule has 17 heavy (non-hydrogen) atoms. The van der Waals surface area contributed by atoms with Gasteiger partial charge in [-0.05, 0) is 25.7 Å². The first-order valence-corrected chi connectivity index (χ1v) is 4.98. The number of rotatable bonds is 3. The molecule has 1 saturated carbocycles. The number of aliphatic carboxylic acids is 1. The van der Waals surface area contributed by atoms with Gasteiger partial charge >= 0.3 is 12.1 Å². The summed E-state index contributed by atoms with van der Waals surface area (Å²) in [5.74, 6) is -2.05. The van der Waals surface area contributed by atoms with E-state index in [1.54, 1.807) is 6.92 Å². The Labute approximate surface area is 96.2 Å². The summed E-state index contributed by atoms with van der Waals surface area (Å²) in [5.41, 5.74) is 5.33. The van der Waals surface area contributed by atoms with Crippen molar-refractivity contribution in [1.29, 1.82) is 0 Å². The van der Waals surface area contributed by atoms with E-state index >= 15 is 0 Å². The monoisotopic (exact) mass is 256 g/mol. The van der Waals surface area contributed by atoms with Gasteiger partial charge < -0.3 is 16.2 Å². The van der Waals surface area contributed by atoms with Crippen molar-refractivity contribution in [2.45, 2.75) is 32.0 Å². The summed E-state index contributed by atoms with van der Waals surface area (Å²) in [6.45, 7) is 2.52. The highest BCUT2D eigenvalue weighted by Gasteiger charge is 2.38. The molecule has 0 aromatic rings. The van der Waals surface area contributed by atoms with Crippen LogP contribution in [0.2, 0.25) is 0 Å². The van der Waals surface area contributed by atoms with E-state index in [1.165, 1.54) is 12.8 Å². The number of hydrogen-bond donors (Lipinski definition) is 3. The summed E-state index contributed by atoms with van der Waals surface area (Å²) in [6.07, 6.45) is -2.56. The third-order valence-corrected chi connectivity index (χ3v) is 1.92. The number of carbonyl (C=O) groups excluding carboxylic acids is 1. The van der Waals surface area contributed by atoms with E-state index in [-0.39, 0.29) is 11.9 Å². The van der Waals surface area contributed by atoms with E-state index in [1.807, 2.05) is 0 Å². The number of carbonyl (C=O) groups is 2. The Morgan fingerprint density at radius 3 is 2.12 bits per heavy atom. The molecule has 5 nitrogen and oxygen atoms in total. The largest absolute Gasteiger partial charge is 0.490 e. The predicted octanol–water partition coefficient (Wildman–Crippen LogP) is 0.493. The Morgan fingerprint density at radius 2 is 1.88 bits per heavy atom. The minimum Gasteiger partial charge on any atom is -0.475 e. The van der Waals surface area contributed by atoms with Crippen LogP contribution in [0.3, 0.4) is 0 Å². The molecule has 0 aliphatic heterocycles. The average Bonchev–Trinajstić information content (AvgIpc) is 2.96. The molecule has 8 heteroatoms. The van der Waals surface area contributed by atoms with Gasteiger partial charge in [-0.2, -0.15) is 13.2 Å². The van der Waals surface area contributed by atoms with Crippen LogP contribution in [0.25, 0.3) is 0 Å². The summed E-state index contributed by atoms with van der Waals surface area (Å²) < 4.78 is 31.7. The molecule has 0 aromatic carbocycles. The van der Waals surface area contributed by atoms with Gasteiger partial charge in [-0.25, -0.2) is 4.79 Å². The lowest BCUT2D eigenvalue weighted by Crippen LogP contribution is -2.39. The molecule has 0 saturated heterocycles. The molecule has 1 aliphatic rings. The molecule has 0 aromatic heterocycles. The number of halogens is 3. The Bertz CT molecular complexity index is 275. The van der Waals surface area contributed by atoms with Crippen LogP contribution in [-0.2, 0) is 9.59 Å². The van der Waals surface area contributed by atoms with E-state index in [0.29, 0.717) is 0 Å². The van der Waals surface area contributed by atoms with Gasteiger partial charge in [0, 0.05) is 6.54 Å². The number of nitrogens with two attached hydrogens (primary N) is 1. The second-order valence-corrected chi connectivity index (χ2v) is 3.78. The van der Waals surface area contributed by atoms with E-state index < -0.39 is 12.1 Å². The van der Waals surface area contributed by atoms with Crippen molar-refractivity contribution < 1.29 is 27.9 Å². The van der Waals surface area contributed by atoms with Crippen LogP contribution in [0, 0.1) is 5.92 Å². The Balaban J connectivity index is 0.000000325. The van der Waals surface area contributed by atoms with E-state index in [0.717, 1.165) is 12.5 Å². The third-order valence-electron chi connectivity index (χ3n) is 1.92. The minimum absolute atomic E-state index is 0.0353. The fourth-order valence-electron chi connectivity index (χ4n) is 0.728. The Kier molecular flexibility index (Phi) is 5.94. The molecule has 1 aliphatic carbocycles. The lowest BCUT2D eigenvalue weighted by molar-refractivity contribution is -0.192. The molecule has 0 spiro atoms. The second kappa shape index (κ2) is 6.43. The first-order chi connectivity index (χ1) is 7.64. The molecule has 0 heterocycles. The maximum absolute atomic E-state index is 10.8. The zero-order valence-corrected chi connectivity index (χ0v) is 9.25. The van der Waals surface area contributed by atoms with Crippen molar-refractivity contribution in [2.24, 2.45) is 11.7 Å². The quantitative estimate of drug-likeness (QED) is 0.685. The molecule has 1 atom stereocenters. The van der Waals surface area contributed by atoms with Crippen molar-refractivity contribution in [3.05, 3.63) is 0 Å². The standard InChI is InChI=1S/C7H14N2O.C2HF3O2/c1-5(8)7(10)9-4-6-2-3-6;3-2(4,5)1(6)7/h5-6H,2-4,8H2,1H3,(H,9,10);(H,6,7)/t5-;/m0./s1. The summed E-state index contributed by atoms with van der Waals surface area (Å²) in [5, 5.41) is 9.91. The SMILES string of the molecule is C[C@H](N)C(=O)NCC1CC1.O=C(O)C(F)(F)F. The Hall–Kier alpha value is -1.31. The number of nitrogens with one attached hydrogen (secondary N) is 1. The molecule has 0 unspecified atom stereocenters. The van der Waals surface area contributed by atoms with Crippen LogP contribution in [0.4, 0.5) is 13.2 Å². The first-order valence-electron chi connectivity index (χ1n) is 4.98. The van der Waals surface area contributed by atoms with Crippen molar-refractivity contribution in [2.75, 3.05) is 6.54 Å². The topological polar surface area (TPSA) is 92.4 Å². The predicted molar refractivity (Wildman–Crippen MR) is 53.1 cm³/mol. The van der Waals surface area contributed by atoms with Crippen LogP contribution in [0.1, 0.15) is 19.8 Å². The molecular formula is C9H15F3N2O3. The maximum atomic E-state index is 10.8. The van der Waals surface area contributed by atoms with Crippen molar-refractivity contribution in [3.63, 3.8) is 0 Å². The lowest BCUT2D eigenvalue weighted by Gasteiger charge is -2.05.